The lowest BCUT2D eigenvalue weighted by atomic mass is 10.1. The summed E-state index contributed by atoms with van der Waals surface area (Å²) in [5.41, 5.74) is 0.535. The van der Waals surface area contributed by atoms with Crippen molar-refractivity contribution in [3.63, 3.8) is 0 Å². The highest BCUT2D eigenvalue weighted by Crippen LogP contribution is 2.30. The monoisotopic (exact) mass is 407 g/mol. The predicted octanol–water partition coefficient (Wildman–Crippen LogP) is 3.51. The molecule has 0 atom stereocenters. The molecule has 9 heteroatoms. The zero-order valence-electron chi connectivity index (χ0n) is 15.7. The largest absolute Gasteiger partial charge is 0.492 e. The van der Waals surface area contributed by atoms with Gasteiger partial charge in [-0.05, 0) is 42.5 Å². The normalized spacial score (nSPS) is 11.6. The highest BCUT2D eigenvalue weighted by Gasteiger charge is 2.30. The standard InChI is InChI=1S/C20H20F3N3O3/c1-28-10-8-24-19(27)14-2-7-18-15(12-14)13-26(25-18)9-11-29-17-5-3-16(4-6-17)20(21,22)23/h2-7,12-13H,8-11H2,1H3,(H,24,27). The number of carbonyl (C=O) groups excluding carboxylic acids is 1. The van der Waals surface area contributed by atoms with E-state index in [4.69, 9.17) is 9.47 Å². The second kappa shape index (κ2) is 8.95. The second-order valence-corrected chi connectivity index (χ2v) is 6.29. The first-order valence-corrected chi connectivity index (χ1v) is 8.91. The fourth-order valence-electron chi connectivity index (χ4n) is 2.70. The Bertz CT molecular complexity index is 969. The fraction of sp³-hybridized carbons (Fsp3) is 0.300. The van der Waals surface area contributed by atoms with Gasteiger partial charge in [-0.1, -0.05) is 0 Å². The van der Waals surface area contributed by atoms with Gasteiger partial charge in [-0.15, -0.1) is 0 Å². The molecule has 29 heavy (non-hydrogen) atoms. The summed E-state index contributed by atoms with van der Waals surface area (Å²) < 4.78 is 49.8. The third kappa shape index (κ3) is 5.47. The number of benzene rings is 2. The van der Waals surface area contributed by atoms with Crippen molar-refractivity contribution in [1.82, 2.24) is 15.1 Å². The van der Waals surface area contributed by atoms with Gasteiger partial charge in [-0.3, -0.25) is 9.48 Å². The average Bonchev–Trinajstić information content (AvgIpc) is 3.09. The highest BCUT2D eigenvalue weighted by atomic mass is 19.4. The molecule has 3 rings (SSSR count). The Morgan fingerprint density at radius 2 is 1.90 bits per heavy atom. The Balaban J connectivity index is 1.57. The number of nitrogens with zero attached hydrogens (tertiary/aromatic N) is 2. The Labute approximate surface area is 165 Å². The molecule has 1 heterocycles. The molecule has 0 aliphatic heterocycles. The lowest BCUT2D eigenvalue weighted by Crippen LogP contribution is -2.26. The van der Waals surface area contributed by atoms with Crippen LogP contribution in [0.3, 0.4) is 0 Å². The molecule has 2 aromatic carbocycles. The minimum atomic E-state index is -4.37. The highest BCUT2D eigenvalue weighted by molar-refractivity contribution is 5.97. The summed E-state index contributed by atoms with van der Waals surface area (Å²) in [6.45, 7) is 1.51. The van der Waals surface area contributed by atoms with Crippen molar-refractivity contribution in [2.24, 2.45) is 0 Å². The van der Waals surface area contributed by atoms with Crippen LogP contribution in [0.25, 0.3) is 10.9 Å². The van der Waals surface area contributed by atoms with E-state index in [1.165, 1.54) is 12.1 Å². The summed E-state index contributed by atoms with van der Waals surface area (Å²) in [4.78, 5) is 12.1. The summed E-state index contributed by atoms with van der Waals surface area (Å²) in [5.74, 6) is 0.159. The molecule has 0 bridgehead atoms. The molecule has 1 N–H and O–H groups in total. The lowest BCUT2D eigenvalue weighted by molar-refractivity contribution is -0.137. The van der Waals surface area contributed by atoms with Gasteiger partial charge in [0.2, 0.25) is 0 Å². The molecule has 3 aromatic rings. The minimum Gasteiger partial charge on any atom is -0.492 e. The summed E-state index contributed by atoms with van der Waals surface area (Å²) in [6, 6.07) is 9.74. The molecule has 0 saturated heterocycles. The quantitative estimate of drug-likeness (QED) is 0.581. The molecule has 0 aliphatic carbocycles. The van der Waals surface area contributed by atoms with E-state index in [1.807, 2.05) is 0 Å². The topological polar surface area (TPSA) is 65.4 Å². The van der Waals surface area contributed by atoms with Crippen LogP contribution in [0.5, 0.6) is 5.75 Å². The van der Waals surface area contributed by atoms with Gasteiger partial charge < -0.3 is 14.8 Å². The zero-order chi connectivity index (χ0) is 20.9. The molecule has 0 saturated carbocycles. The van der Waals surface area contributed by atoms with Crippen molar-refractivity contribution >= 4 is 16.8 Å². The van der Waals surface area contributed by atoms with Gasteiger partial charge in [-0.25, -0.2) is 0 Å². The molecule has 6 nitrogen and oxygen atoms in total. The van der Waals surface area contributed by atoms with Gasteiger partial charge in [0.1, 0.15) is 12.4 Å². The van der Waals surface area contributed by atoms with Crippen molar-refractivity contribution in [2.45, 2.75) is 12.7 Å². The van der Waals surface area contributed by atoms with E-state index in [0.717, 1.165) is 23.0 Å². The first-order valence-electron chi connectivity index (χ1n) is 8.91. The number of halogens is 3. The number of ether oxygens (including phenoxy) is 2. The number of nitrogens with one attached hydrogen (secondary N) is 1. The van der Waals surface area contributed by atoms with E-state index in [1.54, 1.807) is 36.2 Å². The number of aromatic nitrogens is 2. The molecule has 0 aliphatic rings. The summed E-state index contributed by atoms with van der Waals surface area (Å²) in [5, 5.41) is 7.96. The maximum absolute atomic E-state index is 12.6. The van der Waals surface area contributed by atoms with E-state index >= 15 is 0 Å². The number of fused-ring (bicyclic) bond motifs is 1. The second-order valence-electron chi connectivity index (χ2n) is 6.29. The van der Waals surface area contributed by atoms with Crippen molar-refractivity contribution in [1.29, 1.82) is 0 Å². The first-order chi connectivity index (χ1) is 13.9. The number of hydrogen-bond acceptors (Lipinski definition) is 4. The maximum atomic E-state index is 12.6. The molecular formula is C20H20F3N3O3. The number of carbonyl (C=O) groups is 1. The van der Waals surface area contributed by atoms with Crippen molar-refractivity contribution in [3.8, 4) is 5.75 Å². The van der Waals surface area contributed by atoms with Gasteiger partial charge in [0.25, 0.3) is 5.91 Å². The summed E-state index contributed by atoms with van der Waals surface area (Å²) >= 11 is 0. The number of hydrogen-bond donors (Lipinski definition) is 1. The van der Waals surface area contributed by atoms with Gasteiger partial charge >= 0.3 is 6.18 Å². The minimum absolute atomic E-state index is 0.192. The molecule has 0 fully saturated rings. The lowest BCUT2D eigenvalue weighted by Gasteiger charge is -2.09. The SMILES string of the molecule is COCCNC(=O)c1ccc2nn(CCOc3ccc(C(F)(F)F)cc3)cc2c1. The van der Waals surface area contributed by atoms with Crippen LogP contribution in [0.15, 0.2) is 48.7 Å². The van der Waals surface area contributed by atoms with Gasteiger partial charge in [0.15, 0.2) is 0 Å². The van der Waals surface area contributed by atoms with E-state index in [-0.39, 0.29) is 12.5 Å². The Morgan fingerprint density at radius 1 is 1.14 bits per heavy atom. The van der Waals surface area contributed by atoms with E-state index in [9.17, 15) is 18.0 Å². The van der Waals surface area contributed by atoms with E-state index in [2.05, 4.69) is 10.4 Å². The summed E-state index contributed by atoms with van der Waals surface area (Å²) in [6.07, 6.45) is -2.58. The fourth-order valence-corrected chi connectivity index (χ4v) is 2.70. The van der Waals surface area contributed by atoms with Crippen LogP contribution in [0.2, 0.25) is 0 Å². The van der Waals surface area contributed by atoms with Crippen LogP contribution in [0.1, 0.15) is 15.9 Å². The number of rotatable bonds is 8. The molecule has 0 spiro atoms. The van der Waals surface area contributed by atoms with Gasteiger partial charge in [-0.2, -0.15) is 18.3 Å². The summed E-state index contributed by atoms with van der Waals surface area (Å²) in [7, 11) is 1.56. The maximum Gasteiger partial charge on any atom is 0.416 e. The van der Waals surface area contributed by atoms with Crippen molar-refractivity contribution in [2.75, 3.05) is 26.9 Å². The Kier molecular flexibility index (Phi) is 6.38. The first kappa shape index (κ1) is 20.7. The van der Waals surface area contributed by atoms with Gasteiger partial charge in [0, 0.05) is 30.8 Å². The molecular weight excluding hydrogens is 387 g/mol. The third-order valence-corrected chi connectivity index (χ3v) is 4.18. The van der Waals surface area contributed by atoms with Gasteiger partial charge in [0.05, 0.1) is 24.2 Å². The number of amides is 1. The Hall–Kier alpha value is -3.07. The average molecular weight is 407 g/mol. The molecule has 1 amide bonds. The number of alkyl halides is 3. The Morgan fingerprint density at radius 3 is 2.59 bits per heavy atom. The number of methoxy groups -OCH3 is 1. The molecule has 0 radical (unpaired) electrons. The smallest absolute Gasteiger partial charge is 0.416 e. The molecule has 1 aromatic heterocycles. The van der Waals surface area contributed by atoms with Crippen LogP contribution in [-0.4, -0.2) is 42.6 Å². The van der Waals surface area contributed by atoms with Crippen LogP contribution in [-0.2, 0) is 17.5 Å². The molecule has 0 unspecified atom stereocenters. The molecule has 154 valence electrons. The van der Waals surface area contributed by atoms with E-state index in [0.29, 0.717) is 31.0 Å². The van der Waals surface area contributed by atoms with E-state index < -0.39 is 11.7 Å². The predicted molar refractivity (Wildman–Crippen MR) is 101 cm³/mol. The van der Waals surface area contributed by atoms with Crippen molar-refractivity contribution < 1.29 is 27.4 Å². The van der Waals surface area contributed by atoms with Crippen LogP contribution >= 0.6 is 0 Å². The zero-order valence-corrected chi connectivity index (χ0v) is 15.7. The van der Waals surface area contributed by atoms with Crippen LogP contribution in [0, 0.1) is 0 Å². The van der Waals surface area contributed by atoms with Crippen LogP contribution < -0.4 is 10.1 Å². The van der Waals surface area contributed by atoms with Crippen molar-refractivity contribution in [3.05, 3.63) is 59.8 Å². The third-order valence-electron chi connectivity index (χ3n) is 4.18. The van der Waals surface area contributed by atoms with Crippen LogP contribution in [0.4, 0.5) is 13.2 Å².